The van der Waals surface area contributed by atoms with E-state index in [0.29, 0.717) is 36.5 Å². The number of fused-ring (bicyclic) bond motifs is 1. The molecule has 0 saturated carbocycles. The van der Waals surface area contributed by atoms with Gasteiger partial charge in [-0.25, -0.2) is 0 Å². The molecule has 2 amide bonds. The fourth-order valence-corrected chi connectivity index (χ4v) is 1.64. The average molecular weight is 249 g/mol. The summed E-state index contributed by atoms with van der Waals surface area (Å²) in [5, 5.41) is 5.43. The molecule has 1 aliphatic rings. The number of ether oxygens (including phenoxy) is 1. The second kappa shape index (κ2) is 5.50. The van der Waals surface area contributed by atoms with Crippen molar-refractivity contribution >= 4 is 23.2 Å². The predicted octanol–water partition coefficient (Wildman–Crippen LogP) is 0.695. The molecule has 0 atom stereocenters. The molecule has 0 radical (unpaired) electrons. The van der Waals surface area contributed by atoms with Crippen LogP contribution in [-0.4, -0.2) is 25.0 Å². The van der Waals surface area contributed by atoms with E-state index in [1.165, 1.54) is 0 Å². The lowest BCUT2D eigenvalue weighted by Gasteiger charge is -2.18. The average Bonchev–Trinajstić information content (AvgIpc) is 2.36. The summed E-state index contributed by atoms with van der Waals surface area (Å²) in [6.45, 7) is 0.490. The SMILES string of the molecule is NCCCC(=O)Nc1ccc2c(c1)OCC(=O)N2. The highest BCUT2D eigenvalue weighted by Gasteiger charge is 2.16. The Morgan fingerprint density at radius 3 is 3.11 bits per heavy atom. The minimum Gasteiger partial charge on any atom is -0.482 e. The summed E-state index contributed by atoms with van der Waals surface area (Å²) in [7, 11) is 0. The lowest BCUT2D eigenvalue weighted by molar-refractivity contribution is -0.118. The van der Waals surface area contributed by atoms with E-state index in [-0.39, 0.29) is 18.4 Å². The lowest BCUT2D eigenvalue weighted by atomic mass is 10.2. The molecule has 0 saturated heterocycles. The van der Waals surface area contributed by atoms with Crippen LogP contribution in [0.25, 0.3) is 0 Å². The van der Waals surface area contributed by atoms with E-state index < -0.39 is 0 Å². The zero-order chi connectivity index (χ0) is 13.0. The number of amides is 2. The van der Waals surface area contributed by atoms with Gasteiger partial charge < -0.3 is 21.1 Å². The Hall–Kier alpha value is -2.08. The summed E-state index contributed by atoms with van der Waals surface area (Å²) in [6, 6.07) is 5.11. The Balaban J connectivity index is 2.03. The fraction of sp³-hybridized carbons (Fsp3) is 0.333. The van der Waals surface area contributed by atoms with Crippen molar-refractivity contribution in [3.8, 4) is 5.75 Å². The minimum atomic E-state index is -0.178. The fourth-order valence-electron chi connectivity index (χ4n) is 1.64. The molecular formula is C12H15N3O3. The summed E-state index contributed by atoms with van der Waals surface area (Å²) in [6.07, 6.45) is 1.05. The van der Waals surface area contributed by atoms with E-state index in [1.807, 2.05) is 0 Å². The first-order valence-electron chi connectivity index (χ1n) is 5.75. The highest BCUT2D eigenvalue weighted by Crippen LogP contribution is 2.30. The first kappa shape index (κ1) is 12.4. The Bertz CT molecular complexity index is 474. The van der Waals surface area contributed by atoms with Gasteiger partial charge in [0.2, 0.25) is 5.91 Å². The molecule has 1 aromatic carbocycles. The van der Waals surface area contributed by atoms with E-state index in [0.717, 1.165) is 0 Å². The number of carbonyl (C=O) groups is 2. The molecule has 0 unspecified atom stereocenters. The van der Waals surface area contributed by atoms with Gasteiger partial charge in [0.25, 0.3) is 5.91 Å². The Morgan fingerprint density at radius 2 is 2.33 bits per heavy atom. The topological polar surface area (TPSA) is 93.5 Å². The molecule has 6 nitrogen and oxygen atoms in total. The molecule has 4 N–H and O–H groups in total. The maximum atomic E-state index is 11.5. The van der Waals surface area contributed by atoms with Crippen molar-refractivity contribution in [1.29, 1.82) is 0 Å². The van der Waals surface area contributed by atoms with Crippen molar-refractivity contribution in [2.75, 3.05) is 23.8 Å². The van der Waals surface area contributed by atoms with Gasteiger partial charge in [-0.3, -0.25) is 9.59 Å². The molecule has 6 heteroatoms. The van der Waals surface area contributed by atoms with Gasteiger partial charge in [0.1, 0.15) is 5.75 Å². The molecule has 18 heavy (non-hydrogen) atoms. The third-order valence-electron chi connectivity index (χ3n) is 2.51. The molecule has 1 aliphatic heterocycles. The van der Waals surface area contributed by atoms with Gasteiger partial charge in [0, 0.05) is 18.2 Å². The largest absolute Gasteiger partial charge is 0.482 e. The van der Waals surface area contributed by atoms with Crippen LogP contribution >= 0.6 is 0 Å². The first-order valence-corrected chi connectivity index (χ1v) is 5.75. The van der Waals surface area contributed by atoms with Crippen LogP contribution in [0, 0.1) is 0 Å². The number of nitrogens with two attached hydrogens (primary N) is 1. The van der Waals surface area contributed by atoms with Crippen molar-refractivity contribution in [2.45, 2.75) is 12.8 Å². The van der Waals surface area contributed by atoms with Gasteiger partial charge in [-0.2, -0.15) is 0 Å². The van der Waals surface area contributed by atoms with Crippen molar-refractivity contribution in [3.05, 3.63) is 18.2 Å². The third kappa shape index (κ3) is 2.98. The standard InChI is InChI=1S/C12H15N3O3/c13-5-1-2-11(16)14-8-3-4-9-10(6-8)18-7-12(17)15-9/h3-4,6H,1-2,5,7,13H2,(H,14,16)(H,15,17). The zero-order valence-electron chi connectivity index (χ0n) is 9.86. The number of nitrogens with one attached hydrogen (secondary N) is 2. The number of rotatable bonds is 4. The lowest BCUT2D eigenvalue weighted by Crippen LogP contribution is -2.25. The predicted molar refractivity (Wildman–Crippen MR) is 67.5 cm³/mol. The van der Waals surface area contributed by atoms with E-state index in [2.05, 4.69) is 10.6 Å². The van der Waals surface area contributed by atoms with Crippen LogP contribution in [0.1, 0.15) is 12.8 Å². The van der Waals surface area contributed by atoms with Crippen LogP contribution < -0.4 is 21.1 Å². The Morgan fingerprint density at radius 1 is 1.50 bits per heavy atom. The normalized spacial score (nSPS) is 13.3. The van der Waals surface area contributed by atoms with Crippen LogP contribution in [0.15, 0.2) is 18.2 Å². The number of carbonyl (C=O) groups excluding carboxylic acids is 2. The van der Waals surface area contributed by atoms with Gasteiger partial charge in [-0.15, -0.1) is 0 Å². The number of anilines is 2. The molecule has 96 valence electrons. The number of hydrogen-bond donors (Lipinski definition) is 3. The quantitative estimate of drug-likeness (QED) is 0.732. The molecule has 0 spiro atoms. The maximum Gasteiger partial charge on any atom is 0.262 e. The highest BCUT2D eigenvalue weighted by molar-refractivity contribution is 5.97. The molecule has 1 heterocycles. The van der Waals surface area contributed by atoms with Gasteiger partial charge >= 0.3 is 0 Å². The molecule has 0 bridgehead atoms. The van der Waals surface area contributed by atoms with Gasteiger partial charge in [-0.1, -0.05) is 0 Å². The smallest absolute Gasteiger partial charge is 0.262 e. The van der Waals surface area contributed by atoms with Crippen LogP contribution in [0.3, 0.4) is 0 Å². The zero-order valence-corrected chi connectivity index (χ0v) is 9.86. The Kier molecular flexibility index (Phi) is 3.78. The molecular weight excluding hydrogens is 234 g/mol. The third-order valence-corrected chi connectivity index (χ3v) is 2.51. The summed E-state index contributed by atoms with van der Waals surface area (Å²) in [5.41, 5.74) is 6.60. The van der Waals surface area contributed by atoms with Crippen LogP contribution in [0.4, 0.5) is 11.4 Å². The monoisotopic (exact) mass is 249 g/mol. The van der Waals surface area contributed by atoms with E-state index in [1.54, 1.807) is 18.2 Å². The molecule has 2 rings (SSSR count). The van der Waals surface area contributed by atoms with Crippen LogP contribution in [0.2, 0.25) is 0 Å². The van der Waals surface area contributed by atoms with Crippen molar-refractivity contribution in [2.24, 2.45) is 5.73 Å². The molecule has 0 fully saturated rings. The summed E-state index contributed by atoms with van der Waals surface area (Å²) in [5.74, 6) is 0.300. The van der Waals surface area contributed by atoms with Gasteiger partial charge in [0.05, 0.1) is 5.69 Å². The van der Waals surface area contributed by atoms with Crippen LogP contribution in [0.5, 0.6) is 5.75 Å². The maximum absolute atomic E-state index is 11.5. The second-order valence-electron chi connectivity index (χ2n) is 3.99. The number of hydrogen-bond acceptors (Lipinski definition) is 4. The second-order valence-corrected chi connectivity index (χ2v) is 3.99. The van der Waals surface area contributed by atoms with Gasteiger partial charge in [-0.05, 0) is 25.1 Å². The van der Waals surface area contributed by atoms with Crippen molar-refractivity contribution in [1.82, 2.24) is 0 Å². The summed E-state index contributed by atoms with van der Waals surface area (Å²) < 4.78 is 5.26. The first-order chi connectivity index (χ1) is 8.69. The highest BCUT2D eigenvalue weighted by atomic mass is 16.5. The molecule has 0 aliphatic carbocycles. The van der Waals surface area contributed by atoms with Crippen molar-refractivity contribution < 1.29 is 14.3 Å². The van der Waals surface area contributed by atoms with Gasteiger partial charge in [0.15, 0.2) is 6.61 Å². The van der Waals surface area contributed by atoms with Crippen LogP contribution in [-0.2, 0) is 9.59 Å². The van der Waals surface area contributed by atoms with Crippen molar-refractivity contribution in [3.63, 3.8) is 0 Å². The molecule has 1 aromatic rings. The Labute approximate surface area is 104 Å². The number of benzene rings is 1. The molecule has 0 aromatic heterocycles. The summed E-state index contributed by atoms with van der Waals surface area (Å²) >= 11 is 0. The summed E-state index contributed by atoms with van der Waals surface area (Å²) in [4.78, 5) is 22.6. The van der Waals surface area contributed by atoms with E-state index in [4.69, 9.17) is 10.5 Å². The minimum absolute atomic E-state index is 0.00241. The van der Waals surface area contributed by atoms with E-state index in [9.17, 15) is 9.59 Å². The van der Waals surface area contributed by atoms with E-state index >= 15 is 0 Å².